The standard InChI is InChI=1S/C8H17N/c1-4-7(3)8(5-2)6-9/h4-6,9H2,1-3H3/b8-7-. The third-order valence-corrected chi connectivity index (χ3v) is 1.81. The largest absolute Gasteiger partial charge is 0.327 e. The molecule has 0 aromatic carbocycles. The highest BCUT2D eigenvalue weighted by Gasteiger charge is 1.93. The molecule has 2 N–H and O–H groups in total. The molecule has 0 aliphatic heterocycles. The molecular formula is C8H17N. The zero-order chi connectivity index (χ0) is 7.28. The van der Waals surface area contributed by atoms with E-state index in [0.29, 0.717) is 0 Å². The summed E-state index contributed by atoms with van der Waals surface area (Å²) in [5.41, 5.74) is 8.37. The van der Waals surface area contributed by atoms with Crippen LogP contribution in [0, 0.1) is 0 Å². The highest BCUT2D eigenvalue weighted by atomic mass is 14.5. The van der Waals surface area contributed by atoms with Crippen LogP contribution in [0.2, 0.25) is 0 Å². The van der Waals surface area contributed by atoms with Gasteiger partial charge in [-0.2, -0.15) is 0 Å². The number of allylic oxidation sites excluding steroid dienone is 1. The smallest absolute Gasteiger partial charge is 0.0139 e. The zero-order valence-electron chi connectivity index (χ0n) is 6.70. The highest BCUT2D eigenvalue weighted by Crippen LogP contribution is 2.08. The van der Waals surface area contributed by atoms with E-state index >= 15 is 0 Å². The van der Waals surface area contributed by atoms with E-state index in [1.807, 2.05) is 0 Å². The van der Waals surface area contributed by atoms with E-state index in [4.69, 9.17) is 5.73 Å². The molecule has 0 rings (SSSR count). The lowest BCUT2D eigenvalue weighted by molar-refractivity contribution is 0.934. The molecule has 9 heavy (non-hydrogen) atoms. The van der Waals surface area contributed by atoms with Gasteiger partial charge in [0.25, 0.3) is 0 Å². The van der Waals surface area contributed by atoms with Gasteiger partial charge in [0.1, 0.15) is 0 Å². The minimum Gasteiger partial charge on any atom is -0.327 e. The Labute approximate surface area is 57.9 Å². The van der Waals surface area contributed by atoms with Crippen molar-refractivity contribution in [2.45, 2.75) is 33.6 Å². The van der Waals surface area contributed by atoms with E-state index in [-0.39, 0.29) is 0 Å². The van der Waals surface area contributed by atoms with Crippen molar-refractivity contribution in [3.63, 3.8) is 0 Å². The molecule has 0 radical (unpaired) electrons. The normalized spacial score (nSPS) is 13.3. The highest BCUT2D eigenvalue weighted by molar-refractivity contribution is 5.12. The molecule has 0 atom stereocenters. The van der Waals surface area contributed by atoms with Gasteiger partial charge < -0.3 is 5.73 Å². The Morgan fingerprint density at radius 1 is 1.22 bits per heavy atom. The molecule has 0 heterocycles. The molecule has 0 aromatic rings. The SMILES string of the molecule is CC/C(C)=C(/CC)CN. The van der Waals surface area contributed by atoms with Crippen molar-refractivity contribution in [3.8, 4) is 0 Å². The monoisotopic (exact) mass is 127 g/mol. The summed E-state index contributed by atoms with van der Waals surface area (Å²) in [6.45, 7) is 7.21. The molecule has 0 spiro atoms. The topological polar surface area (TPSA) is 26.0 Å². The van der Waals surface area contributed by atoms with Crippen molar-refractivity contribution in [1.82, 2.24) is 0 Å². The summed E-state index contributed by atoms with van der Waals surface area (Å²) < 4.78 is 0. The van der Waals surface area contributed by atoms with Gasteiger partial charge >= 0.3 is 0 Å². The average molecular weight is 127 g/mol. The summed E-state index contributed by atoms with van der Waals surface area (Å²) >= 11 is 0. The molecule has 0 bridgehead atoms. The van der Waals surface area contributed by atoms with Crippen molar-refractivity contribution in [2.24, 2.45) is 5.73 Å². The molecule has 0 saturated carbocycles. The van der Waals surface area contributed by atoms with Crippen LogP contribution in [0.3, 0.4) is 0 Å². The Kier molecular flexibility index (Phi) is 4.41. The molecule has 0 fully saturated rings. The molecular weight excluding hydrogens is 110 g/mol. The second-order valence-electron chi connectivity index (χ2n) is 2.30. The van der Waals surface area contributed by atoms with Crippen LogP contribution in [0.1, 0.15) is 33.6 Å². The van der Waals surface area contributed by atoms with Gasteiger partial charge in [0, 0.05) is 6.54 Å². The summed E-state index contributed by atoms with van der Waals surface area (Å²) in [4.78, 5) is 0. The second-order valence-corrected chi connectivity index (χ2v) is 2.30. The van der Waals surface area contributed by atoms with Gasteiger partial charge in [-0.05, 0) is 19.8 Å². The summed E-state index contributed by atoms with van der Waals surface area (Å²) in [5, 5.41) is 0. The fourth-order valence-corrected chi connectivity index (χ4v) is 0.870. The predicted octanol–water partition coefficient (Wildman–Crippen LogP) is 2.08. The van der Waals surface area contributed by atoms with Crippen molar-refractivity contribution in [3.05, 3.63) is 11.1 Å². The molecule has 0 amide bonds. The fraction of sp³-hybridized carbons (Fsp3) is 0.750. The number of hydrogen-bond acceptors (Lipinski definition) is 1. The lowest BCUT2D eigenvalue weighted by atomic mass is 10.1. The quantitative estimate of drug-likeness (QED) is 0.577. The molecule has 0 aromatic heterocycles. The van der Waals surface area contributed by atoms with Crippen LogP contribution in [0.5, 0.6) is 0 Å². The predicted molar refractivity (Wildman–Crippen MR) is 42.3 cm³/mol. The van der Waals surface area contributed by atoms with Crippen LogP contribution in [-0.2, 0) is 0 Å². The lowest BCUT2D eigenvalue weighted by Gasteiger charge is -2.04. The number of hydrogen-bond donors (Lipinski definition) is 1. The molecule has 0 unspecified atom stereocenters. The molecule has 1 nitrogen and oxygen atoms in total. The van der Waals surface area contributed by atoms with E-state index < -0.39 is 0 Å². The van der Waals surface area contributed by atoms with Crippen LogP contribution in [0.25, 0.3) is 0 Å². The Bertz CT molecular complexity index is 97.1. The van der Waals surface area contributed by atoms with Gasteiger partial charge in [0.2, 0.25) is 0 Å². The summed E-state index contributed by atoms with van der Waals surface area (Å²) in [6, 6.07) is 0. The Morgan fingerprint density at radius 2 is 1.78 bits per heavy atom. The number of rotatable bonds is 3. The van der Waals surface area contributed by atoms with Crippen LogP contribution < -0.4 is 5.73 Å². The Hall–Kier alpha value is -0.300. The number of nitrogens with two attached hydrogens (primary N) is 1. The molecule has 0 aliphatic carbocycles. The van der Waals surface area contributed by atoms with E-state index in [0.717, 1.165) is 19.4 Å². The zero-order valence-corrected chi connectivity index (χ0v) is 6.70. The van der Waals surface area contributed by atoms with Crippen molar-refractivity contribution < 1.29 is 0 Å². The summed E-state index contributed by atoms with van der Waals surface area (Å²) in [5.74, 6) is 0. The maximum atomic E-state index is 5.50. The van der Waals surface area contributed by atoms with Gasteiger partial charge in [-0.25, -0.2) is 0 Å². The maximum absolute atomic E-state index is 5.50. The average Bonchev–Trinajstić information content (AvgIpc) is 1.90. The van der Waals surface area contributed by atoms with Crippen LogP contribution in [0.15, 0.2) is 11.1 Å². The maximum Gasteiger partial charge on any atom is 0.0139 e. The van der Waals surface area contributed by atoms with Crippen LogP contribution in [-0.4, -0.2) is 6.54 Å². The summed E-state index contributed by atoms with van der Waals surface area (Å²) in [6.07, 6.45) is 2.25. The van der Waals surface area contributed by atoms with Gasteiger partial charge in [0.05, 0.1) is 0 Å². The van der Waals surface area contributed by atoms with Crippen molar-refractivity contribution >= 4 is 0 Å². The van der Waals surface area contributed by atoms with Gasteiger partial charge in [-0.1, -0.05) is 25.0 Å². The first-order valence-corrected chi connectivity index (χ1v) is 3.63. The van der Waals surface area contributed by atoms with E-state index in [1.54, 1.807) is 0 Å². The lowest BCUT2D eigenvalue weighted by Crippen LogP contribution is -2.04. The first-order chi connectivity index (χ1) is 4.26. The Morgan fingerprint density at radius 3 is 1.89 bits per heavy atom. The van der Waals surface area contributed by atoms with Crippen LogP contribution >= 0.6 is 0 Å². The third-order valence-electron chi connectivity index (χ3n) is 1.81. The molecule has 1 heteroatoms. The minimum atomic E-state index is 0.732. The second kappa shape index (κ2) is 4.57. The Balaban J connectivity index is 4.01. The first kappa shape index (κ1) is 8.70. The molecule has 54 valence electrons. The van der Waals surface area contributed by atoms with Crippen molar-refractivity contribution in [1.29, 1.82) is 0 Å². The van der Waals surface area contributed by atoms with E-state index in [2.05, 4.69) is 20.8 Å². The van der Waals surface area contributed by atoms with Crippen molar-refractivity contribution in [2.75, 3.05) is 6.54 Å². The van der Waals surface area contributed by atoms with Gasteiger partial charge in [-0.15, -0.1) is 0 Å². The van der Waals surface area contributed by atoms with Gasteiger partial charge in [-0.3, -0.25) is 0 Å². The minimum absolute atomic E-state index is 0.732. The third kappa shape index (κ3) is 2.66. The summed E-state index contributed by atoms with van der Waals surface area (Å²) in [7, 11) is 0. The van der Waals surface area contributed by atoms with E-state index in [9.17, 15) is 0 Å². The van der Waals surface area contributed by atoms with Gasteiger partial charge in [0.15, 0.2) is 0 Å². The first-order valence-electron chi connectivity index (χ1n) is 3.63. The van der Waals surface area contributed by atoms with E-state index in [1.165, 1.54) is 11.1 Å². The fourth-order valence-electron chi connectivity index (χ4n) is 0.870. The molecule has 0 aliphatic rings. The molecule has 0 saturated heterocycles. The van der Waals surface area contributed by atoms with Crippen LogP contribution in [0.4, 0.5) is 0 Å².